The van der Waals surface area contributed by atoms with Crippen LogP contribution in [0.3, 0.4) is 0 Å². The van der Waals surface area contributed by atoms with E-state index in [4.69, 9.17) is 11.6 Å². The van der Waals surface area contributed by atoms with Crippen LogP contribution in [0.15, 0.2) is 55.2 Å². The minimum absolute atomic E-state index is 0.111. The topological polar surface area (TPSA) is 72.0 Å². The van der Waals surface area contributed by atoms with Gasteiger partial charge in [-0.2, -0.15) is 10.2 Å². The molecule has 4 atom stereocenters. The molecule has 0 radical (unpaired) electrons. The second kappa shape index (κ2) is 6.40. The number of hydrogen-bond acceptors (Lipinski definition) is 5. The molecule has 4 heterocycles. The van der Waals surface area contributed by atoms with Crippen molar-refractivity contribution in [2.75, 3.05) is 18.0 Å². The Balaban J connectivity index is 1.17. The van der Waals surface area contributed by atoms with E-state index in [9.17, 15) is 5.11 Å². The molecular formula is C26H25ClN6O. The minimum Gasteiger partial charge on any atom is -0.384 e. The number of aliphatic hydroxyl groups is 1. The van der Waals surface area contributed by atoms with Gasteiger partial charge in [-0.1, -0.05) is 17.7 Å². The first-order valence-corrected chi connectivity index (χ1v) is 12.6. The lowest BCUT2D eigenvalue weighted by Gasteiger charge is -2.22. The predicted molar refractivity (Wildman–Crippen MR) is 129 cm³/mol. The van der Waals surface area contributed by atoms with Crippen LogP contribution < -0.4 is 4.90 Å². The summed E-state index contributed by atoms with van der Waals surface area (Å²) in [6, 6.07) is 8.67. The van der Waals surface area contributed by atoms with Crippen LogP contribution in [0.4, 0.5) is 5.69 Å². The number of nitrogens with zero attached hydrogens (tertiary/aromatic N) is 6. The standard InChI is InChI=1S/C26H25ClN6O/c27-21-8-16-10-30-33(20-12-29-32(14-20)19-4-5-19)22(16)9-23(21)31-13-18-3-6-24-25(18,15-31)26(24,34)17-2-1-7-28-11-17/h1-2,7-12,14,18-19,24,34H,3-6,13,15H2/t18-,24+,25?,26?/m0/s1. The van der Waals surface area contributed by atoms with Crippen LogP contribution in [0.25, 0.3) is 16.6 Å². The Hall–Kier alpha value is -2.90. The summed E-state index contributed by atoms with van der Waals surface area (Å²) in [7, 11) is 0. The summed E-state index contributed by atoms with van der Waals surface area (Å²) in [5.74, 6) is 0.747. The van der Waals surface area contributed by atoms with Crippen molar-refractivity contribution in [3.8, 4) is 5.69 Å². The Labute approximate surface area is 202 Å². The zero-order valence-electron chi connectivity index (χ0n) is 18.7. The Bertz CT molecular complexity index is 1440. The molecule has 0 bridgehead atoms. The summed E-state index contributed by atoms with van der Waals surface area (Å²) >= 11 is 6.83. The van der Waals surface area contributed by atoms with Gasteiger partial charge in [0.05, 0.1) is 40.9 Å². The molecule has 1 N–H and O–H groups in total. The van der Waals surface area contributed by atoms with Crippen molar-refractivity contribution in [2.45, 2.75) is 37.3 Å². The number of pyridine rings is 1. The van der Waals surface area contributed by atoms with E-state index in [1.807, 2.05) is 46.2 Å². The summed E-state index contributed by atoms with van der Waals surface area (Å²) in [6.45, 7) is 1.73. The van der Waals surface area contributed by atoms with Gasteiger partial charge >= 0.3 is 0 Å². The molecule has 3 saturated carbocycles. The van der Waals surface area contributed by atoms with Crippen LogP contribution in [-0.4, -0.2) is 42.7 Å². The molecule has 1 aliphatic heterocycles. The minimum atomic E-state index is -0.783. The van der Waals surface area contributed by atoms with Crippen LogP contribution in [0.2, 0.25) is 5.02 Å². The number of aromatic nitrogens is 5. The highest BCUT2D eigenvalue weighted by Crippen LogP contribution is 2.79. The molecule has 1 saturated heterocycles. The monoisotopic (exact) mass is 472 g/mol. The molecule has 2 unspecified atom stereocenters. The number of anilines is 1. The van der Waals surface area contributed by atoms with Gasteiger partial charge < -0.3 is 10.0 Å². The van der Waals surface area contributed by atoms with E-state index < -0.39 is 5.60 Å². The van der Waals surface area contributed by atoms with Crippen LogP contribution >= 0.6 is 11.6 Å². The Morgan fingerprint density at radius 1 is 1.06 bits per heavy atom. The lowest BCUT2D eigenvalue weighted by Crippen LogP contribution is -2.26. The van der Waals surface area contributed by atoms with E-state index in [1.54, 1.807) is 6.20 Å². The summed E-state index contributed by atoms with van der Waals surface area (Å²) < 4.78 is 4.01. The van der Waals surface area contributed by atoms with E-state index in [0.717, 1.165) is 58.8 Å². The third-order valence-corrected chi connectivity index (χ3v) is 9.31. The van der Waals surface area contributed by atoms with Crippen molar-refractivity contribution in [3.63, 3.8) is 0 Å². The molecule has 3 aliphatic carbocycles. The normalized spacial score (nSPS) is 31.8. The van der Waals surface area contributed by atoms with Crippen molar-refractivity contribution in [2.24, 2.45) is 17.3 Å². The maximum Gasteiger partial charge on any atom is 0.103 e. The van der Waals surface area contributed by atoms with Crippen LogP contribution in [0.1, 0.15) is 37.3 Å². The van der Waals surface area contributed by atoms with Gasteiger partial charge in [-0.05, 0) is 49.8 Å². The van der Waals surface area contributed by atoms with Crippen molar-refractivity contribution in [1.29, 1.82) is 0 Å². The van der Waals surface area contributed by atoms with Gasteiger partial charge in [0, 0.05) is 47.8 Å². The van der Waals surface area contributed by atoms with Gasteiger partial charge in [-0.15, -0.1) is 0 Å². The molecular weight excluding hydrogens is 448 g/mol. The smallest absolute Gasteiger partial charge is 0.103 e. The molecule has 1 spiro atoms. The van der Waals surface area contributed by atoms with Gasteiger partial charge in [-0.25, -0.2) is 4.68 Å². The molecule has 3 aromatic heterocycles. The summed E-state index contributed by atoms with van der Waals surface area (Å²) in [4.78, 5) is 6.68. The van der Waals surface area contributed by atoms with E-state index >= 15 is 0 Å². The lowest BCUT2D eigenvalue weighted by atomic mass is 9.86. The molecule has 7 nitrogen and oxygen atoms in total. The molecule has 4 aromatic rings. The highest BCUT2D eigenvalue weighted by molar-refractivity contribution is 6.34. The van der Waals surface area contributed by atoms with Crippen molar-refractivity contribution < 1.29 is 5.11 Å². The van der Waals surface area contributed by atoms with Crippen molar-refractivity contribution in [3.05, 3.63) is 65.8 Å². The lowest BCUT2D eigenvalue weighted by molar-refractivity contribution is 0.0688. The van der Waals surface area contributed by atoms with Crippen molar-refractivity contribution in [1.82, 2.24) is 24.5 Å². The quantitative estimate of drug-likeness (QED) is 0.478. The van der Waals surface area contributed by atoms with Gasteiger partial charge in [-0.3, -0.25) is 9.67 Å². The van der Waals surface area contributed by atoms with Crippen molar-refractivity contribution >= 4 is 28.2 Å². The SMILES string of the molecule is OC1(c2cccnc2)[C@@H]2CC[C@H]3CN(c4cc5c(cnn5-c5cnn(C6CC6)c5)cc4Cl)CC321. The second-order valence-electron chi connectivity index (χ2n) is 10.6. The first-order valence-electron chi connectivity index (χ1n) is 12.2. The molecule has 0 amide bonds. The molecule has 34 heavy (non-hydrogen) atoms. The molecule has 8 rings (SSSR count). The maximum absolute atomic E-state index is 11.8. The largest absolute Gasteiger partial charge is 0.384 e. The first kappa shape index (κ1) is 19.4. The average molecular weight is 473 g/mol. The second-order valence-corrected chi connectivity index (χ2v) is 11.0. The van der Waals surface area contributed by atoms with Gasteiger partial charge in [0.25, 0.3) is 0 Å². The van der Waals surface area contributed by atoms with E-state index in [1.165, 1.54) is 12.8 Å². The van der Waals surface area contributed by atoms with Gasteiger partial charge in [0.1, 0.15) is 11.3 Å². The predicted octanol–water partition coefficient (Wildman–Crippen LogP) is 4.34. The Morgan fingerprint density at radius 3 is 2.79 bits per heavy atom. The van der Waals surface area contributed by atoms with Crippen LogP contribution in [0.5, 0.6) is 0 Å². The summed E-state index contributed by atoms with van der Waals surface area (Å²) in [5.41, 5.74) is 3.08. The number of fused-ring (bicyclic) bond motifs is 1. The fraction of sp³-hybridized carbons (Fsp3) is 0.423. The Kier molecular flexibility index (Phi) is 3.65. The zero-order valence-corrected chi connectivity index (χ0v) is 19.4. The summed E-state index contributed by atoms with van der Waals surface area (Å²) in [5, 5.41) is 22.8. The molecule has 4 aliphatic rings. The Morgan fingerprint density at radius 2 is 1.97 bits per heavy atom. The number of halogens is 1. The van der Waals surface area contributed by atoms with E-state index in [2.05, 4.69) is 32.3 Å². The van der Waals surface area contributed by atoms with E-state index in [-0.39, 0.29) is 5.41 Å². The fourth-order valence-corrected chi connectivity index (χ4v) is 7.56. The summed E-state index contributed by atoms with van der Waals surface area (Å²) in [6.07, 6.45) is 14.1. The zero-order chi connectivity index (χ0) is 22.7. The maximum atomic E-state index is 11.8. The van der Waals surface area contributed by atoms with Gasteiger partial charge in [0.15, 0.2) is 0 Å². The highest BCUT2D eigenvalue weighted by atomic mass is 35.5. The van der Waals surface area contributed by atoms with Crippen LogP contribution in [0, 0.1) is 17.3 Å². The third kappa shape index (κ3) is 2.34. The molecule has 1 aromatic carbocycles. The number of hydrogen-bond donors (Lipinski definition) is 1. The van der Waals surface area contributed by atoms with Gasteiger partial charge in [0.2, 0.25) is 0 Å². The van der Waals surface area contributed by atoms with E-state index in [0.29, 0.717) is 17.9 Å². The average Bonchev–Trinajstić information content (AvgIpc) is 3.39. The molecule has 8 heteroatoms. The molecule has 4 fully saturated rings. The number of benzene rings is 1. The fourth-order valence-electron chi connectivity index (χ4n) is 7.27. The third-order valence-electron chi connectivity index (χ3n) is 9.01. The highest BCUT2D eigenvalue weighted by Gasteiger charge is 2.83. The first-order chi connectivity index (χ1) is 16.6. The van der Waals surface area contributed by atoms with Crippen LogP contribution in [-0.2, 0) is 5.60 Å². The number of rotatable bonds is 4. The molecule has 172 valence electrons.